The van der Waals surface area contributed by atoms with Gasteiger partial charge in [0.2, 0.25) is 0 Å². The highest BCUT2D eigenvalue weighted by atomic mass is 16.5. The number of ketones is 1. The van der Waals surface area contributed by atoms with E-state index in [9.17, 15) is 9.59 Å². The Morgan fingerprint density at radius 3 is 1.52 bits per heavy atom. The summed E-state index contributed by atoms with van der Waals surface area (Å²) in [6, 6.07) is 0. The highest BCUT2D eigenvalue weighted by Gasteiger charge is 2.36. The van der Waals surface area contributed by atoms with E-state index in [1.54, 1.807) is 13.2 Å². The highest BCUT2D eigenvalue weighted by Crippen LogP contribution is 2.47. The fraction of sp³-hybridized carbons (Fsp3) is 0.444. The van der Waals surface area contributed by atoms with Crippen LogP contribution < -0.4 is 0 Å². The van der Waals surface area contributed by atoms with Crippen LogP contribution in [0.3, 0.4) is 0 Å². The largest absolute Gasteiger partial charge is 0.504 e. The Kier molecular flexibility index (Phi) is 14.5. The average molecular weight is 582 g/mol. The van der Waals surface area contributed by atoms with Gasteiger partial charge in [-0.05, 0) is 56.6 Å². The molecule has 44 heavy (non-hydrogen) atoms. The van der Waals surface area contributed by atoms with Crippen LogP contribution in [0.2, 0.25) is 0 Å². The summed E-state index contributed by atoms with van der Waals surface area (Å²) in [4.78, 5) is 21.1. The van der Waals surface area contributed by atoms with E-state index in [0.717, 1.165) is 38.4 Å². The molecule has 4 spiro atoms. The molecular weight excluding hydrogens is 540 g/mol. The second-order valence-electron chi connectivity index (χ2n) is 12.6. The molecule has 4 nitrogen and oxygen atoms in total. The molecule has 12 radical (unpaired) electrons. The van der Waals surface area contributed by atoms with Crippen LogP contribution >= 0.6 is 0 Å². The molecule has 0 aromatic heterocycles. The van der Waals surface area contributed by atoms with Crippen LogP contribution in [-0.4, -0.2) is 64.5 Å². The van der Waals surface area contributed by atoms with Gasteiger partial charge in [-0.3, -0.25) is 4.79 Å². The van der Waals surface area contributed by atoms with Gasteiger partial charge in [0.25, 0.3) is 0 Å². The molecule has 0 amide bonds. The van der Waals surface area contributed by atoms with Crippen molar-refractivity contribution in [3.05, 3.63) is 109 Å². The quantitative estimate of drug-likeness (QED) is 0.205. The molecule has 0 saturated heterocycles. The predicted molar refractivity (Wildman–Crippen MR) is 183 cm³/mol. The zero-order chi connectivity index (χ0) is 28.1. The topological polar surface area (TPSA) is 63.6 Å². The van der Waals surface area contributed by atoms with Crippen molar-refractivity contribution in [1.82, 2.24) is 0 Å². The molecule has 0 aliphatic heterocycles. The molecule has 0 heterocycles. The van der Waals surface area contributed by atoms with Crippen molar-refractivity contribution in [1.29, 1.82) is 0 Å². The minimum absolute atomic E-state index is 0. The summed E-state index contributed by atoms with van der Waals surface area (Å²) in [5, 5.41) is 8.84. The number of rotatable bonds is 3. The summed E-state index contributed by atoms with van der Waals surface area (Å²) in [5.41, 5.74) is 2.53. The Morgan fingerprint density at radius 1 is 0.727 bits per heavy atom. The van der Waals surface area contributed by atoms with E-state index in [1.807, 2.05) is 18.4 Å². The number of allylic oxidation sites excluding steroid dienone is 16. The lowest BCUT2D eigenvalue weighted by Gasteiger charge is -2.29. The minimum atomic E-state index is 0. The van der Waals surface area contributed by atoms with Gasteiger partial charge in [0.1, 0.15) is 6.29 Å². The number of methoxy groups -OCH3 is 1. The lowest BCUT2D eigenvalue weighted by molar-refractivity contribution is -0.115. The van der Waals surface area contributed by atoms with E-state index in [0.29, 0.717) is 35.2 Å². The van der Waals surface area contributed by atoms with E-state index in [1.165, 1.54) is 18.4 Å². The first-order chi connectivity index (χ1) is 19.3. The Morgan fingerprint density at radius 2 is 1.23 bits per heavy atom. The average Bonchev–Trinajstić information content (AvgIpc) is 3.67. The number of hydrogen-bond donors (Lipinski definition) is 1. The van der Waals surface area contributed by atoms with Gasteiger partial charge in [-0.2, -0.15) is 0 Å². The van der Waals surface area contributed by atoms with Gasteiger partial charge in [-0.1, -0.05) is 91.1 Å². The fourth-order valence-electron chi connectivity index (χ4n) is 6.51. The molecule has 8 heteroatoms. The van der Waals surface area contributed by atoms with Crippen LogP contribution in [0.15, 0.2) is 109 Å². The summed E-state index contributed by atoms with van der Waals surface area (Å²) in [7, 11) is 1.70. The zero-order valence-corrected chi connectivity index (χ0v) is 25.9. The van der Waals surface area contributed by atoms with Crippen LogP contribution in [0, 0.1) is 33.5 Å². The van der Waals surface area contributed by atoms with Gasteiger partial charge >= 0.3 is 0 Å². The molecule has 6 atom stereocenters. The van der Waals surface area contributed by atoms with Gasteiger partial charge in [0.15, 0.2) is 5.78 Å². The molecule has 6 unspecified atom stereocenters. The summed E-state index contributed by atoms with van der Waals surface area (Å²) in [6.45, 7) is 0.312. The van der Waals surface area contributed by atoms with E-state index in [2.05, 4.69) is 79.0 Å². The second-order valence-corrected chi connectivity index (χ2v) is 12.6. The van der Waals surface area contributed by atoms with Crippen LogP contribution in [0.4, 0.5) is 0 Å². The number of aldehydes is 1. The number of carbonyl (C=O) groups is 2. The van der Waals surface area contributed by atoms with Gasteiger partial charge in [0, 0.05) is 80.2 Å². The molecule has 1 N–H and O–H groups in total. The van der Waals surface area contributed by atoms with Crippen molar-refractivity contribution >= 4 is 45.7 Å². The Bertz CT molecular complexity index is 1270. The third-order valence-electron chi connectivity index (χ3n) is 9.37. The minimum Gasteiger partial charge on any atom is -0.504 e. The highest BCUT2D eigenvalue weighted by molar-refractivity contribution is 5.93. The first-order valence-corrected chi connectivity index (χ1v) is 14.6. The summed E-state index contributed by atoms with van der Waals surface area (Å²) in [5.74, 6) is 0.884. The summed E-state index contributed by atoms with van der Waals surface area (Å²) in [6.07, 6.45) is 45.7. The SMILES string of the molecule is COC=C1C=CC2(C=CC2)C1.O=C1C=CC2(C=CC2)C1.O=CC1C=CC2(C=CC2)C1.OCC1C=CC2(C=CC2)C1.[B].[B].[B].[B]. The van der Waals surface area contributed by atoms with Gasteiger partial charge in [0.05, 0.1) is 13.4 Å². The lowest BCUT2D eigenvalue weighted by atomic mass is 9.75. The van der Waals surface area contributed by atoms with Crippen LogP contribution in [0.1, 0.15) is 51.4 Å². The van der Waals surface area contributed by atoms with Gasteiger partial charge in [-0.15, -0.1) is 0 Å². The Hall–Kier alpha value is -2.98. The molecule has 8 rings (SSSR count). The maximum atomic E-state index is 10.7. The second kappa shape index (κ2) is 16.4. The van der Waals surface area contributed by atoms with Crippen LogP contribution in [0.5, 0.6) is 0 Å². The summed E-state index contributed by atoms with van der Waals surface area (Å²) < 4.78 is 4.95. The van der Waals surface area contributed by atoms with E-state index in [-0.39, 0.29) is 50.8 Å². The van der Waals surface area contributed by atoms with Gasteiger partial charge in [-0.25, -0.2) is 0 Å². The van der Waals surface area contributed by atoms with E-state index < -0.39 is 0 Å². The monoisotopic (exact) mass is 582 g/mol. The van der Waals surface area contributed by atoms with Crippen molar-refractivity contribution in [3.63, 3.8) is 0 Å². The van der Waals surface area contributed by atoms with E-state index in [4.69, 9.17) is 9.84 Å². The van der Waals surface area contributed by atoms with Crippen LogP contribution in [-0.2, 0) is 14.3 Å². The van der Waals surface area contributed by atoms with Crippen molar-refractivity contribution in [2.24, 2.45) is 33.5 Å². The smallest absolute Gasteiger partial charge is 0.156 e. The number of aliphatic hydroxyl groups is 1. The number of ether oxygens (including phenoxy) is 1. The number of hydrogen-bond acceptors (Lipinski definition) is 4. The molecule has 8 aliphatic carbocycles. The molecular formula is C36H42B4O4. The molecule has 0 bridgehead atoms. The molecule has 222 valence electrons. The van der Waals surface area contributed by atoms with Crippen LogP contribution in [0.25, 0.3) is 0 Å². The molecule has 8 aliphatic rings. The molecule has 0 saturated carbocycles. The van der Waals surface area contributed by atoms with Crippen molar-refractivity contribution in [2.75, 3.05) is 13.7 Å². The Balaban J connectivity index is 0.000000285. The maximum absolute atomic E-state index is 10.7. The van der Waals surface area contributed by atoms with Crippen molar-refractivity contribution in [3.8, 4) is 0 Å². The Labute approximate surface area is 272 Å². The van der Waals surface area contributed by atoms with Crippen molar-refractivity contribution in [2.45, 2.75) is 51.4 Å². The maximum Gasteiger partial charge on any atom is 0.156 e. The molecule has 0 fully saturated rings. The standard InChI is InChI=1S/C10H12O.C9H12O.C9H10O.C8H8O.4B/c1-11-8-9-3-6-10(7-9)4-2-5-10;2*10-7-8-2-5-9(6-8)3-1-4-9;9-7-2-5-8(6-7)3-1-4-8;;;;/h2-4,6,8H,5,7H2,1H3;1-3,5,8,10H,4,6-7H2;1-3,5,7-8H,4,6H2;1-3,5H,4,6H2;;;;. The fourth-order valence-corrected chi connectivity index (χ4v) is 6.51. The predicted octanol–water partition coefficient (Wildman–Crippen LogP) is 5.57. The first kappa shape index (κ1) is 39.0. The normalized spacial score (nSPS) is 36.2. The zero-order valence-electron chi connectivity index (χ0n) is 25.9. The summed E-state index contributed by atoms with van der Waals surface area (Å²) >= 11 is 0. The first-order valence-electron chi connectivity index (χ1n) is 14.6. The number of aliphatic hydroxyl groups excluding tert-OH is 1. The number of carbonyl (C=O) groups excluding carboxylic acids is 2. The third-order valence-corrected chi connectivity index (χ3v) is 9.37. The lowest BCUT2D eigenvalue weighted by Crippen LogP contribution is -2.19. The molecule has 0 aromatic carbocycles. The third kappa shape index (κ3) is 8.81. The van der Waals surface area contributed by atoms with E-state index >= 15 is 0 Å². The molecule has 0 aromatic rings. The van der Waals surface area contributed by atoms with Crippen molar-refractivity contribution < 1.29 is 19.4 Å². The van der Waals surface area contributed by atoms with Gasteiger partial charge < -0.3 is 14.6 Å².